The quantitative estimate of drug-likeness (QED) is 0.587. The van der Waals surface area contributed by atoms with Gasteiger partial charge in [-0.25, -0.2) is 0 Å². The maximum Gasteiger partial charge on any atom is 0.311 e. The molecule has 0 aromatic heterocycles. The summed E-state index contributed by atoms with van der Waals surface area (Å²) in [6.07, 6.45) is 6.25. The van der Waals surface area contributed by atoms with Crippen molar-refractivity contribution in [2.75, 3.05) is 7.11 Å². The van der Waals surface area contributed by atoms with Crippen LogP contribution >= 0.6 is 0 Å². The summed E-state index contributed by atoms with van der Waals surface area (Å²) >= 11 is 0. The zero-order valence-electron chi connectivity index (χ0n) is 17.8. The topological polar surface area (TPSA) is 26.3 Å². The third kappa shape index (κ3) is 2.96. The molecule has 2 bridgehead atoms. The Morgan fingerprint density at radius 3 is 2.28 bits per heavy atom. The highest BCUT2D eigenvalue weighted by molar-refractivity contribution is 5.77. The maximum absolute atomic E-state index is 12.6. The van der Waals surface area contributed by atoms with E-state index in [1.807, 2.05) is 0 Å². The Morgan fingerprint density at radius 1 is 1.12 bits per heavy atom. The second-order valence-electron chi connectivity index (χ2n) is 11.6. The number of fused-ring (bicyclic) bond motifs is 5. The van der Waals surface area contributed by atoms with E-state index in [2.05, 4.69) is 48.5 Å². The first-order valence-electron chi connectivity index (χ1n) is 10.5. The molecule has 3 fully saturated rings. The van der Waals surface area contributed by atoms with Crippen molar-refractivity contribution >= 4 is 5.97 Å². The van der Waals surface area contributed by atoms with E-state index in [1.54, 1.807) is 7.11 Å². The van der Waals surface area contributed by atoms with Gasteiger partial charge in [-0.15, -0.1) is 0 Å². The van der Waals surface area contributed by atoms with Gasteiger partial charge in [-0.3, -0.25) is 4.79 Å². The lowest BCUT2D eigenvalue weighted by Crippen LogP contribution is -2.43. The van der Waals surface area contributed by atoms with Crippen LogP contribution in [0.25, 0.3) is 0 Å². The Hall–Kier alpha value is -0.530. The first-order chi connectivity index (χ1) is 11.4. The summed E-state index contributed by atoms with van der Waals surface area (Å²) < 4.78 is 5.25. The molecular formula is C23H40O2. The first kappa shape index (κ1) is 19.2. The number of carbonyl (C=O) groups is 1. The molecular weight excluding hydrogens is 308 g/mol. The lowest BCUT2D eigenvalue weighted by atomic mass is 9.60. The van der Waals surface area contributed by atoms with Gasteiger partial charge >= 0.3 is 5.97 Å². The van der Waals surface area contributed by atoms with Gasteiger partial charge in [0.1, 0.15) is 0 Å². The van der Waals surface area contributed by atoms with Gasteiger partial charge in [-0.2, -0.15) is 0 Å². The summed E-state index contributed by atoms with van der Waals surface area (Å²) in [7, 11) is 1.57. The lowest BCUT2D eigenvalue weighted by Gasteiger charge is -2.44. The summed E-state index contributed by atoms with van der Waals surface area (Å²) in [5, 5.41) is 0. The van der Waals surface area contributed by atoms with Crippen molar-refractivity contribution in [3.8, 4) is 0 Å². The summed E-state index contributed by atoms with van der Waals surface area (Å²) in [5.41, 5.74) is 0.549. The van der Waals surface area contributed by atoms with Gasteiger partial charge in [0, 0.05) is 0 Å². The second-order valence-corrected chi connectivity index (χ2v) is 11.6. The molecule has 0 radical (unpaired) electrons. The van der Waals surface area contributed by atoms with E-state index < -0.39 is 0 Å². The zero-order valence-corrected chi connectivity index (χ0v) is 17.8. The molecule has 0 aliphatic heterocycles. The first-order valence-corrected chi connectivity index (χ1v) is 10.5. The molecule has 0 amide bonds. The van der Waals surface area contributed by atoms with Gasteiger partial charge < -0.3 is 4.74 Å². The van der Waals surface area contributed by atoms with Gasteiger partial charge in [0.2, 0.25) is 0 Å². The number of hydrogen-bond donors (Lipinski definition) is 0. The Kier molecular flexibility index (Phi) is 4.61. The molecule has 0 spiro atoms. The molecule has 2 heteroatoms. The third-order valence-corrected chi connectivity index (χ3v) is 8.52. The molecule has 3 aliphatic carbocycles. The highest BCUT2D eigenvalue weighted by Crippen LogP contribution is 2.71. The summed E-state index contributed by atoms with van der Waals surface area (Å²) in [6, 6.07) is 0. The van der Waals surface area contributed by atoms with Crippen molar-refractivity contribution in [2.24, 2.45) is 51.8 Å². The maximum atomic E-state index is 12.6. The van der Waals surface area contributed by atoms with Crippen molar-refractivity contribution in [1.82, 2.24) is 0 Å². The second kappa shape index (κ2) is 5.99. The van der Waals surface area contributed by atoms with Crippen molar-refractivity contribution in [3.05, 3.63) is 0 Å². The van der Waals surface area contributed by atoms with Crippen LogP contribution in [0, 0.1) is 51.8 Å². The molecule has 2 nitrogen and oxygen atoms in total. The number of ether oxygens (including phenoxy) is 1. The van der Waals surface area contributed by atoms with E-state index in [1.165, 1.54) is 25.7 Å². The minimum Gasteiger partial charge on any atom is -0.469 e. The monoisotopic (exact) mass is 348 g/mol. The Bertz CT molecular complexity index is 529. The van der Waals surface area contributed by atoms with Crippen LogP contribution in [0.2, 0.25) is 0 Å². The fourth-order valence-electron chi connectivity index (χ4n) is 7.28. The Morgan fingerprint density at radius 2 is 1.76 bits per heavy atom. The number of methoxy groups -OCH3 is 1. The molecule has 0 saturated heterocycles. The van der Waals surface area contributed by atoms with E-state index in [4.69, 9.17) is 4.74 Å². The number of carbonyl (C=O) groups excluding carboxylic acids is 1. The van der Waals surface area contributed by atoms with Crippen LogP contribution < -0.4 is 0 Å². The molecule has 7 unspecified atom stereocenters. The molecule has 0 N–H and O–H groups in total. The third-order valence-electron chi connectivity index (χ3n) is 8.52. The molecule has 3 aliphatic rings. The minimum absolute atomic E-state index is 0.0474. The Balaban J connectivity index is 1.95. The summed E-state index contributed by atoms with van der Waals surface area (Å²) in [6.45, 7) is 16.7. The van der Waals surface area contributed by atoms with E-state index >= 15 is 0 Å². The molecule has 0 heterocycles. The zero-order chi connectivity index (χ0) is 18.8. The fourth-order valence-corrected chi connectivity index (χ4v) is 7.28. The standard InChI is InChI=1S/C23H40O2/c1-9-22(5,6)16-10-14(12-21(2,3)4)19-17-11-15(18(16)19)13-23(17,7)20(24)25-8/h14-19H,9-13H2,1-8H3. The van der Waals surface area contributed by atoms with Crippen molar-refractivity contribution < 1.29 is 9.53 Å². The summed E-state index contributed by atoms with van der Waals surface area (Å²) in [4.78, 5) is 12.6. The van der Waals surface area contributed by atoms with E-state index in [0.717, 1.165) is 36.0 Å². The molecule has 25 heavy (non-hydrogen) atoms. The highest BCUT2D eigenvalue weighted by Gasteiger charge is 2.67. The van der Waals surface area contributed by atoms with Crippen LogP contribution in [0.5, 0.6) is 0 Å². The SMILES string of the molecule is CCC(C)(C)C1CC(CC(C)(C)C)C2C1C1CC2C(C)(C(=O)OC)C1. The lowest BCUT2D eigenvalue weighted by molar-refractivity contribution is -0.158. The van der Waals surface area contributed by atoms with Crippen LogP contribution in [-0.2, 0) is 9.53 Å². The van der Waals surface area contributed by atoms with Crippen molar-refractivity contribution in [3.63, 3.8) is 0 Å². The number of hydrogen-bond acceptors (Lipinski definition) is 2. The minimum atomic E-state index is -0.234. The molecule has 3 rings (SSSR count). The van der Waals surface area contributed by atoms with Crippen molar-refractivity contribution in [1.29, 1.82) is 0 Å². The average Bonchev–Trinajstić information content (AvgIpc) is 3.15. The van der Waals surface area contributed by atoms with E-state index in [0.29, 0.717) is 16.7 Å². The normalized spacial score (nSPS) is 43.4. The van der Waals surface area contributed by atoms with Crippen LogP contribution in [0.4, 0.5) is 0 Å². The fraction of sp³-hybridized carbons (Fsp3) is 0.957. The molecule has 0 aromatic rings. The molecule has 7 atom stereocenters. The highest BCUT2D eigenvalue weighted by atomic mass is 16.5. The number of rotatable bonds is 4. The van der Waals surface area contributed by atoms with Crippen LogP contribution in [-0.4, -0.2) is 13.1 Å². The molecule has 0 aromatic carbocycles. The average molecular weight is 349 g/mol. The smallest absolute Gasteiger partial charge is 0.311 e. The van der Waals surface area contributed by atoms with Crippen LogP contribution in [0.3, 0.4) is 0 Å². The molecule has 3 saturated carbocycles. The van der Waals surface area contributed by atoms with Crippen LogP contribution in [0.15, 0.2) is 0 Å². The predicted octanol–water partition coefficient (Wildman–Crippen LogP) is 5.95. The number of esters is 1. The van der Waals surface area contributed by atoms with E-state index in [-0.39, 0.29) is 11.4 Å². The van der Waals surface area contributed by atoms with Gasteiger partial charge in [0.15, 0.2) is 0 Å². The van der Waals surface area contributed by atoms with Gasteiger partial charge in [-0.1, -0.05) is 48.0 Å². The van der Waals surface area contributed by atoms with Gasteiger partial charge in [0.05, 0.1) is 12.5 Å². The van der Waals surface area contributed by atoms with Crippen LogP contribution in [0.1, 0.15) is 80.6 Å². The Labute approximate surface area is 155 Å². The van der Waals surface area contributed by atoms with Gasteiger partial charge in [0.25, 0.3) is 0 Å². The van der Waals surface area contributed by atoms with Gasteiger partial charge in [-0.05, 0) is 78.9 Å². The summed E-state index contributed by atoms with van der Waals surface area (Å²) in [5.74, 6) is 4.50. The largest absolute Gasteiger partial charge is 0.469 e. The van der Waals surface area contributed by atoms with E-state index in [9.17, 15) is 4.79 Å². The molecule has 144 valence electrons. The van der Waals surface area contributed by atoms with Crippen molar-refractivity contribution in [2.45, 2.75) is 80.6 Å². The predicted molar refractivity (Wildman–Crippen MR) is 103 cm³/mol.